The van der Waals surface area contributed by atoms with Gasteiger partial charge in [0, 0.05) is 19.6 Å². The van der Waals surface area contributed by atoms with Gasteiger partial charge in [0.05, 0.1) is 17.0 Å². The van der Waals surface area contributed by atoms with Crippen molar-refractivity contribution in [3.8, 4) is 0 Å². The van der Waals surface area contributed by atoms with Gasteiger partial charge in [0.15, 0.2) is 0 Å². The highest BCUT2D eigenvalue weighted by Gasteiger charge is 2.39. The fraction of sp³-hybridized carbons (Fsp3) is 0.515. The van der Waals surface area contributed by atoms with Crippen molar-refractivity contribution >= 4 is 23.9 Å². The molecule has 2 aromatic rings. The Bertz CT molecular complexity index is 1270. The van der Waals surface area contributed by atoms with Crippen LogP contribution in [0.15, 0.2) is 48.5 Å². The first-order valence-corrected chi connectivity index (χ1v) is 14.5. The minimum atomic E-state index is -0.620. The summed E-state index contributed by atoms with van der Waals surface area (Å²) in [7, 11) is 0. The van der Waals surface area contributed by atoms with Crippen LogP contribution >= 0.6 is 0 Å². The van der Waals surface area contributed by atoms with Crippen LogP contribution in [0.3, 0.4) is 0 Å². The average Bonchev–Trinajstić information content (AvgIpc) is 3.45. The largest absolute Gasteiger partial charge is 0.460 e. The fourth-order valence-corrected chi connectivity index (χ4v) is 5.48. The number of hydrogen-bond donors (Lipinski definition) is 0. The van der Waals surface area contributed by atoms with E-state index >= 15 is 0 Å². The smallest absolute Gasteiger partial charge is 0.410 e. The Labute approximate surface area is 243 Å². The van der Waals surface area contributed by atoms with Crippen LogP contribution in [-0.2, 0) is 27.1 Å². The number of benzene rings is 2. The van der Waals surface area contributed by atoms with E-state index in [0.717, 1.165) is 11.1 Å². The summed E-state index contributed by atoms with van der Waals surface area (Å²) in [5.74, 6) is -1.19. The molecule has 2 atom stereocenters. The number of ether oxygens (including phenoxy) is 2. The number of aryl methyl sites for hydroxylation is 1. The molecule has 0 spiro atoms. The predicted molar refractivity (Wildman–Crippen MR) is 156 cm³/mol. The van der Waals surface area contributed by atoms with Crippen molar-refractivity contribution in [3.63, 3.8) is 0 Å². The standard InChI is InChI=1S/C33H42N2O6/c1-32(2,3)40-30(38)27(24-16-18-34(21-24)31(39)41-33(4,5)6)20-23-12-9-11-22(19-23)13-10-17-35-28(36)25-14-7-8-15-26(25)29(35)37/h7-9,11-12,14-15,19,24,27H,10,13,16-18,20-21H2,1-6H3/t24-,27-/m0/s1. The summed E-state index contributed by atoms with van der Waals surface area (Å²) in [6.45, 7) is 12.4. The van der Waals surface area contributed by atoms with E-state index in [1.54, 1.807) is 29.2 Å². The van der Waals surface area contributed by atoms with E-state index in [9.17, 15) is 19.2 Å². The number of amides is 3. The molecular weight excluding hydrogens is 520 g/mol. The molecule has 2 aliphatic rings. The van der Waals surface area contributed by atoms with Crippen molar-refractivity contribution in [2.24, 2.45) is 11.8 Å². The number of carbonyl (C=O) groups is 4. The number of fused-ring (bicyclic) bond motifs is 1. The SMILES string of the molecule is CC(C)(C)OC(=O)[C@@H](Cc1cccc(CCCN2C(=O)c3ccccc3C2=O)c1)[C@H]1CCN(C(=O)OC(C)(C)C)C1. The van der Waals surface area contributed by atoms with Gasteiger partial charge in [0.1, 0.15) is 11.2 Å². The third-order valence-electron chi connectivity index (χ3n) is 7.33. The van der Waals surface area contributed by atoms with Gasteiger partial charge < -0.3 is 14.4 Å². The highest BCUT2D eigenvalue weighted by molar-refractivity contribution is 6.21. The second-order valence-corrected chi connectivity index (χ2v) is 13.1. The van der Waals surface area contributed by atoms with Gasteiger partial charge in [-0.05, 0) is 96.4 Å². The molecule has 0 aromatic heterocycles. The second kappa shape index (κ2) is 12.0. The van der Waals surface area contributed by atoms with Gasteiger partial charge in [-0.3, -0.25) is 19.3 Å². The molecule has 3 amide bonds. The van der Waals surface area contributed by atoms with Crippen LogP contribution in [-0.4, -0.2) is 64.5 Å². The topological polar surface area (TPSA) is 93.2 Å². The third kappa shape index (κ3) is 7.75. The molecular formula is C33H42N2O6. The molecule has 0 bridgehead atoms. The quantitative estimate of drug-likeness (QED) is 0.304. The lowest BCUT2D eigenvalue weighted by Gasteiger charge is -2.28. The summed E-state index contributed by atoms with van der Waals surface area (Å²) in [6.07, 6.45) is 2.16. The first-order valence-electron chi connectivity index (χ1n) is 14.5. The van der Waals surface area contributed by atoms with Crippen LogP contribution in [0.25, 0.3) is 0 Å². The molecule has 8 nitrogen and oxygen atoms in total. The highest BCUT2D eigenvalue weighted by Crippen LogP contribution is 2.31. The molecule has 4 rings (SSSR count). The lowest BCUT2D eigenvalue weighted by molar-refractivity contribution is -0.162. The summed E-state index contributed by atoms with van der Waals surface area (Å²) in [5, 5.41) is 0. The molecule has 41 heavy (non-hydrogen) atoms. The van der Waals surface area contributed by atoms with Gasteiger partial charge in [-0.25, -0.2) is 4.79 Å². The molecule has 2 aliphatic heterocycles. The Hall–Kier alpha value is -3.68. The number of rotatable bonds is 8. The maximum absolute atomic E-state index is 13.4. The van der Waals surface area contributed by atoms with Gasteiger partial charge >= 0.3 is 12.1 Å². The Morgan fingerprint density at radius 2 is 1.49 bits per heavy atom. The van der Waals surface area contributed by atoms with Crippen molar-refractivity contribution in [2.45, 2.75) is 78.4 Å². The van der Waals surface area contributed by atoms with E-state index in [1.807, 2.05) is 59.7 Å². The zero-order chi connectivity index (χ0) is 29.9. The Kier molecular flexibility index (Phi) is 8.90. The van der Waals surface area contributed by atoms with E-state index in [1.165, 1.54) is 4.90 Å². The minimum absolute atomic E-state index is 0.0464. The van der Waals surface area contributed by atoms with Crippen molar-refractivity contribution < 1.29 is 28.7 Å². The first kappa shape index (κ1) is 30.3. The van der Waals surface area contributed by atoms with Gasteiger partial charge in [-0.15, -0.1) is 0 Å². The lowest BCUT2D eigenvalue weighted by atomic mass is 9.85. The van der Waals surface area contributed by atoms with E-state index in [4.69, 9.17) is 9.47 Å². The summed E-state index contributed by atoms with van der Waals surface area (Å²) in [6, 6.07) is 15.0. The normalized spacial score (nSPS) is 18.0. The molecule has 2 heterocycles. The Morgan fingerprint density at radius 1 is 0.878 bits per heavy atom. The number of hydrogen-bond acceptors (Lipinski definition) is 6. The second-order valence-electron chi connectivity index (χ2n) is 13.1. The van der Waals surface area contributed by atoms with E-state index in [-0.39, 0.29) is 29.8 Å². The zero-order valence-electron chi connectivity index (χ0n) is 25.1. The maximum atomic E-state index is 13.4. The van der Waals surface area contributed by atoms with Gasteiger partial charge in [-0.1, -0.05) is 36.4 Å². The number of imide groups is 1. The molecule has 1 fully saturated rings. The van der Waals surface area contributed by atoms with Crippen molar-refractivity contribution in [1.82, 2.24) is 9.80 Å². The molecule has 220 valence electrons. The average molecular weight is 563 g/mol. The number of carbonyl (C=O) groups excluding carboxylic acids is 4. The zero-order valence-corrected chi connectivity index (χ0v) is 25.1. The van der Waals surface area contributed by atoms with Crippen molar-refractivity contribution in [1.29, 1.82) is 0 Å². The van der Waals surface area contributed by atoms with Crippen LogP contribution in [0.2, 0.25) is 0 Å². The van der Waals surface area contributed by atoms with Crippen LogP contribution < -0.4 is 0 Å². The highest BCUT2D eigenvalue weighted by atomic mass is 16.6. The molecule has 0 aliphatic carbocycles. The van der Waals surface area contributed by atoms with E-state index < -0.39 is 17.1 Å². The van der Waals surface area contributed by atoms with E-state index in [0.29, 0.717) is 56.4 Å². The van der Waals surface area contributed by atoms with Crippen LogP contribution in [0, 0.1) is 11.8 Å². The summed E-state index contributed by atoms with van der Waals surface area (Å²) < 4.78 is 11.4. The first-order chi connectivity index (χ1) is 19.2. The molecule has 0 unspecified atom stereocenters. The Morgan fingerprint density at radius 3 is 2.10 bits per heavy atom. The lowest BCUT2D eigenvalue weighted by Crippen LogP contribution is -2.38. The molecule has 0 N–H and O–H groups in total. The number of esters is 1. The van der Waals surface area contributed by atoms with Crippen LogP contribution in [0.1, 0.15) is 86.2 Å². The molecule has 8 heteroatoms. The molecule has 1 saturated heterocycles. The third-order valence-corrected chi connectivity index (χ3v) is 7.33. The Balaban J connectivity index is 1.41. The molecule has 0 saturated carbocycles. The van der Waals surface area contributed by atoms with E-state index in [2.05, 4.69) is 6.07 Å². The summed E-state index contributed by atoms with van der Waals surface area (Å²) >= 11 is 0. The monoisotopic (exact) mass is 562 g/mol. The summed E-state index contributed by atoms with van der Waals surface area (Å²) in [5.41, 5.74) is 1.80. The maximum Gasteiger partial charge on any atom is 0.410 e. The van der Waals surface area contributed by atoms with Crippen molar-refractivity contribution in [2.75, 3.05) is 19.6 Å². The van der Waals surface area contributed by atoms with Crippen LogP contribution in [0.4, 0.5) is 4.79 Å². The predicted octanol–water partition coefficient (Wildman–Crippen LogP) is 5.67. The van der Waals surface area contributed by atoms with Crippen LogP contribution in [0.5, 0.6) is 0 Å². The minimum Gasteiger partial charge on any atom is -0.460 e. The molecule has 2 aromatic carbocycles. The number of nitrogens with zero attached hydrogens (tertiary/aromatic N) is 2. The van der Waals surface area contributed by atoms with Gasteiger partial charge in [0.2, 0.25) is 0 Å². The summed E-state index contributed by atoms with van der Waals surface area (Å²) in [4.78, 5) is 54.4. The fourth-order valence-electron chi connectivity index (χ4n) is 5.48. The number of likely N-dealkylation sites (tertiary alicyclic amines) is 1. The van der Waals surface area contributed by atoms with Gasteiger partial charge in [0.25, 0.3) is 11.8 Å². The molecule has 0 radical (unpaired) electrons. The van der Waals surface area contributed by atoms with Crippen molar-refractivity contribution in [3.05, 3.63) is 70.8 Å². The van der Waals surface area contributed by atoms with Gasteiger partial charge in [-0.2, -0.15) is 0 Å².